The predicted octanol–water partition coefficient (Wildman–Crippen LogP) is 1.26. The second-order valence-electron chi connectivity index (χ2n) is 5.24. The van der Waals surface area contributed by atoms with Crippen molar-refractivity contribution in [2.45, 2.75) is 45.6 Å². The molecule has 2 fully saturated rings. The third-order valence-corrected chi connectivity index (χ3v) is 4.05. The van der Waals surface area contributed by atoms with E-state index in [0.29, 0.717) is 13.0 Å². The van der Waals surface area contributed by atoms with Gasteiger partial charge in [-0.05, 0) is 26.2 Å². The highest BCUT2D eigenvalue weighted by molar-refractivity contribution is 5.89. The van der Waals surface area contributed by atoms with Gasteiger partial charge in [0.25, 0.3) is 0 Å². The van der Waals surface area contributed by atoms with Gasteiger partial charge < -0.3 is 9.80 Å². The van der Waals surface area contributed by atoms with Crippen molar-refractivity contribution in [1.29, 1.82) is 0 Å². The Morgan fingerprint density at radius 2 is 2.06 bits per heavy atom. The normalized spacial score (nSPS) is 26.7. The van der Waals surface area contributed by atoms with Crippen LogP contribution in [0.25, 0.3) is 0 Å². The van der Waals surface area contributed by atoms with E-state index in [1.165, 1.54) is 0 Å². The third kappa shape index (κ3) is 2.45. The van der Waals surface area contributed by atoms with Crippen molar-refractivity contribution >= 4 is 11.8 Å². The Kier molecular flexibility index (Phi) is 3.69. The molecule has 4 heteroatoms. The van der Waals surface area contributed by atoms with E-state index in [9.17, 15) is 9.59 Å². The summed E-state index contributed by atoms with van der Waals surface area (Å²) in [5.41, 5.74) is 0. The molecule has 0 aromatic rings. The van der Waals surface area contributed by atoms with Gasteiger partial charge in [0.15, 0.2) is 0 Å². The molecule has 17 heavy (non-hydrogen) atoms. The third-order valence-electron chi connectivity index (χ3n) is 4.05. The number of carbonyl (C=O) groups is 2. The standard InChI is InChI=1S/C13H22N2O2/c1-3-10(2)15-9-11(8-12(15)16)13(17)14-6-4-5-7-14/h10-11H,3-9H2,1-2H3. The van der Waals surface area contributed by atoms with Crippen LogP contribution < -0.4 is 0 Å². The van der Waals surface area contributed by atoms with E-state index < -0.39 is 0 Å². The molecule has 2 aliphatic heterocycles. The summed E-state index contributed by atoms with van der Waals surface area (Å²) >= 11 is 0. The van der Waals surface area contributed by atoms with Gasteiger partial charge in [-0.3, -0.25) is 9.59 Å². The number of rotatable bonds is 3. The molecule has 0 spiro atoms. The maximum absolute atomic E-state index is 12.2. The summed E-state index contributed by atoms with van der Waals surface area (Å²) in [6.07, 6.45) is 3.60. The molecule has 0 bridgehead atoms. The molecule has 2 rings (SSSR count). The van der Waals surface area contributed by atoms with Crippen molar-refractivity contribution in [1.82, 2.24) is 9.80 Å². The van der Waals surface area contributed by atoms with Crippen molar-refractivity contribution in [3.8, 4) is 0 Å². The minimum Gasteiger partial charge on any atom is -0.342 e. The summed E-state index contributed by atoms with van der Waals surface area (Å²) in [6.45, 7) is 6.52. The topological polar surface area (TPSA) is 40.6 Å². The first kappa shape index (κ1) is 12.4. The van der Waals surface area contributed by atoms with Gasteiger partial charge in [-0.2, -0.15) is 0 Å². The SMILES string of the molecule is CCC(C)N1CC(C(=O)N2CCCC2)CC1=O. The van der Waals surface area contributed by atoms with Crippen molar-refractivity contribution in [2.24, 2.45) is 5.92 Å². The molecule has 0 aromatic carbocycles. The molecule has 0 aliphatic carbocycles. The van der Waals surface area contributed by atoms with E-state index >= 15 is 0 Å². The Balaban J connectivity index is 1.95. The number of nitrogens with zero attached hydrogens (tertiary/aromatic N) is 2. The van der Waals surface area contributed by atoms with Crippen molar-refractivity contribution in [3.63, 3.8) is 0 Å². The fraction of sp³-hybridized carbons (Fsp3) is 0.846. The lowest BCUT2D eigenvalue weighted by atomic mass is 10.1. The number of carbonyl (C=O) groups excluding carboxylic acids is 2. The highest BCUT2D eigenvalue weighted by atomic mass is 16.2. The Labute approximate surface area is 103 Å². The summed E-state index contributed by atoms with van der Waals surface area (Å²) in [4.78, 5) is 27.9. The minimum absolute atomic E-state index is 0.0883. The highest BCUT2D eigenvalue weighted by Crippen LogP contribution is 2.24. The lowest BCUT2D eigenvalue weighted by Gasteiger charge is -2.24. The Morgan fingerprint density at radius 3 is 2.65 bits per heavy atom. The second kappa shape index (κ2) is 5.07. The smallest absolute Gasteiger partial charge is 0.227 e. The van der Waals surface area contributed by atoms with Crippen molar-refractivity contribution in [3.05, 3.63) is 0 Å². The van der Waals surface area contributed by atoms with Gasteiger partial charge in [0, 0.05) is 32.1 Å². The number of hydrogen-bond donors (Lipinski definition) is 0. The molecule has 0 N–H and O–H groups in total. The van der Waals surface area contributed by atoms with Crippen LogP contribution in [0.1, 0.15) is 39.5 Å². The number of hydrogen-bond acceptors (Lipinski definition) is 2. The maximum Gasteiger partial charge on any atom is 0.227 e. The fourth-order valence-corrected chi connectivity index (χ4v) is 2.74. The Hall–Kier alpha value is -1.06. The van der Waals surface area contributed by atoms with E-state index in [0.717, 1.165) is 32.4 Å². The summed E-state index contributed by atoms with van der Waals surface area (Å²) in [5.74, 6) is 0.258. The van der Waals surface area contributed by atoms with Gasteiger partial charge in [-0.1, -0.05) is 6.92 Å². The van der Waals surface area contributed by atoms with Gasteiger partial charge >= 0.3 is 0 Å². The number of likely N-dealkylation sites (tertiary alicyclic amines) is 2. The monoisotopic (exact) mass is 238 g/mol. The molecule has 96 valence electrons. The number of amides is 2. The molecular weight excluding hydrogens is 216 g/mol. The molecule has 2 heterocycles. The average Bonchev–Trinajstić information content (AvgIpc) is 2.96. The molecular formula is C13H22N2O2. The fourth-order valence-electron chi connectivity index (χ4n) is 2.74. The summed E-state index contributed by atoms with van der Waals surface area (Å²) in [5, 5.41) is 0. The van der Waals surface area contributed by atoms with Crippen LogP contribution in [-0.4, -0.2) is 47.3 Å². The first-order valence-corrected chi connectivity index (χ1v) is 6.71. The molecule has 0 saturated carbocycles. The Morgan fingerprint density at radius 1 is 1.41 bits per heavy atom. The zero-order valence-electron chi connectivity index (χ0n) is 10.8. The van der Waals surface area contributed by atoms with Crippen LogP contribution in [0.5, 0.6) is 0 Å². The highest BCUT2D eigenvalue weighted by Gasteiger charge is 2.38. The van der Waals surface area contributed by atoms with Crippen LogP contribution in [0.2, 0.25) is 0 Å². The molecule has 0 aromatic heterocycles. The lowest BCUT2D eigenvalue weighted by Crippen LogP contribution is -2.37. The van der Waals surface area contributed by atoms with Gasteiger partial charge in [0.05, 0.1) is 5.92 Å². The molecule has 2 unspecified atom stereocenters. The average molecular weight is 238 g/mol. The lowest BCUT2D eigenvalue weighted by molar-refractivity contribution is -0.134. The zero-order valence-corrected chi connectivity index (χ0v) is 10.8. The molecule has 0 radical (unpaired) electrons. The first-order valence-electron chi connectivity index (χ1n) is 6.71. The molecule has 4 nitrogen and oxygen atoms in total. The van der Waals surface area contributed by atoms with E-state index in [1.807, 2.05) is 9.80 Å². The van der Waals surface area contributed by atoms with Crippen LogP contribution >= 0.6 is 0 Å². The van der Waals surface area contributed by atoms with Crippen LogP contribution in [0, 0.1) is 5.92 Å². The van der Waals surface area contributed by atoms with Crippen molar-refractivity contribution < 1.29 is 9.59 Å². The second-order valence-corrected chi connectivity index (χ2v) is 5.24. The summed E-state index contributed by atoms with van der Waals surface area (Å²) in [6, 6.07) is 0.263. The van der Waals surface area contributed by atoms with Gasteiger partial charge in [-0.15, -0.1) is 0 Å². The molecule has 2 amide bonds. The van der Waals surface area contributed by atoms with Crippen LogP contribution in [0.4, 0.5) is 0 Å². The largest absolute Gasteiger partial charge is 0.342 e. The maximum atomic E-state index is 12.2. The first-order chi connectivity index (χ1) is 8.13. The van der Waals surface area contributed by atoms with E-state index in [4.69, 9.17) is 0 Å². The predicted molar refractivity (Wildman–Crippen MR) is 65.4 cm³/mol. The van der Waals surface area contributed by atoms with E-state index in [-0.39, 0.29) is 23.8 Å². The zero-order chi connectivity index (χ0) is 12.4. The van der Waals surface area contributed by atoms with Gasteiger partial charge in [-0.25, -0.2) is 0 Å². The molecule has 2 saturated heterocycles. The molecule has 2 atom stereocenters. The Bertz CT molecular complexity index is 311. The van der Waals surface area contributed by atoms with Crippen LogP contribution in [0.15, 0.2) is 0 Å². The van der Waals surface area contributed by atoms with E-state index in [1.54, 1.807) is 0 Å². The molecule has 2 aliphatic rings. The minimum atomic E-state index is -0.0883. The summed E-state index contributed by atoms with van der Waals surface area (Å²) < 4.78 is 0. The quantitative estimate of drug-likeness (QED) is 0.742. The van der Waals surface area contributed by atoms with Crippen LogP contribution in [-0.2, 0) is 9.59 Å². The van der Waals surface area contributed by atoms with Crippen molar-refractivity contribution in [2.75, 3.05) is 19.6 Å². The van der Waals surface area contributed by atoms with Gasteiger partial charge in [0.2, 0.25) is 11.8 Å². The van der Waals surface area contributed by atoms with E-state index in [2.05, 4.69) is 13.8 Å². The van der Waals surface area contributed by atoms with Gasteiger partial charge in [0.1, 0.15) is 0 Å². The summed E-state index contributed by atoms with van der Waals surface area (Å²) in [7, 11) is 0. The van der Waals surface area contributed by atoms with Crippen LogP contribution in [0.3, 0.4) is 0 Å².